The molecule has 23 heavy (non-hydrogen) atoms. The van der Waals surface area contributed by atoms with Crippen LogP contribution < -0.4 is 5.32 Å². The maximum Gasteiger partial charge on any atom is 0.262 e. The highest BCUT2D eigenvalue weighted by Crippen LogP contribution is 2.17. The molecule has 1 aromatic carbocycles. The number of hydrogen-bond donors (Lipinski definition) is 1. The largest absolute Gasteiger partial charge is 0.306 e. The van der Waals surface area contributed by atoms with E-state index in [1.807, 2.05) is 6.07 Å². The van der Waals surface area contributed by atoms with Crippen LogP contribution in [0.3, 0.4) is 0 Å². The number of unbranched alkanes of at least 4 members (excludes halogenated alkanes) is 2. The van der Waals surface area contributed by atoms with Gasteiger partial charge >= 0.3 is 0 Å². The highest BCUT2D eigenvalue weighted by molar-refractivity contribution is 6.04. The van der Waals surface area contributed by atoms with Gasteiger partial charge < -0.3 is 5.32 Å². The molecule has 0 aliphatic heterocycles. The van der Waals surface area contributed by atoms with Gasteiger partial charge in [-0.15, -0.1) is 0 Å². The van der Waals surface area contributed by atoms with Gasteiger partial charge in [0.05, 0.1) is 0 Å². The first-order chi connectivity index (χ1) is 11.0. The van der Waals surface area contributed by atoms with Gasteiger partial charge in [0, 0.05) is 17.8 Å². The summed E-state index contributed by atoms with van der Waals surface area (Å²) < 4.78 is 40.1. The normalized spacial score (nSPS) is 10.6. The van der Waals surface area contributed by atoms with E-state index in [9.17, 15) is 18.0 Å². The number of hydrogen-bond acceptors (Lipinski definition) is 2. The predicted molar refractivity (Wildman–Crippen MR) is 81.7 cm³/mol. The van der Waals surface area contributed by atoms with Crippen molar-refractivity contribution in [1.82, 2.24) is 4.98 Å². The Balaban J connectivity index is 2.13. The molecule has 1 heterocycles. The number of carbonyl (C=O) groups excluding carboxylic acids is 1. The topological polar surface area (TPSA) is 42.0 Å². The van der Waals surface area contributed by atoms with Gasteiger partial charge in [-0.05, 0) is 25.0 Å². The quantitative estimate of drug-likeness (QED) is 0.797. The van der Waals surface area contributed by atoms with Crippen molar-refractivity contribution in [3.63, 3.8) is 0 Å². The lowest BCUT2D eigenvalue weighted by atomic mass is 10.1. The number of pyridine rings is 1. The van der Waals surface area contributed by atoms with Crippen molar-refractivity contribution >= 4 is 11.7 Å². The second-order valence-electron chi connectivity index (χ2n) is 5.17. The third-order valence-corrected chi connectivity index (χ3v) is 3.32. The van der Waals surface area contributed by atoms with E-state index in [2.05, 4.69) is 17.2 Å². The minimum Gasteiger partial charge on any atom is -0.306 e. The van der Waals surface area contributed by atoms with Crippen molar-refractivity contribution in [2.75, 3.05) is 5.32 Å². The lowest BCUT2D eigenvalue weighted by Gasteiger charge is -2.08. The summed E-state index contributed by atoms with van der Waals surface area (Å²) >= 11 is 0. The van der Waals surface area contributed by atoms with E-state index in [-0.39, 0.29) is 5.82 Å². The fourth-order valence-electron chi connectivity index (χ4n) is 2.18. The van der Waals surface area contributed by atoms with Crippen molar-refractivity contribution in [3.8, 4) is 0 Å². The van der Waals surface area contributed by atoms with Gasteiger partial charge in [-0.25, -0.2) is 18.2 Å². The van der Waals surface area contributed by atoms with Gasteiger partial charge in [-0.1, -0.05) is 25.8 Å². The molecule has 0 fully saturated rings. The van der Waals surface area contributed by atoms with E-state index in [0.717, 1.165) is 31.4 Å². The maximum absolute atomic E-state index is 13.6. The van der Waals surface area contributed by atoms with Crippen LogP contribution in [0, 0.1) is 17.5 Å². The van der Waals surface area contributed by atoms with Crippen LogP contribution in [-0.2, 0) is 6.42 Å². The number of carbonyl (C=O) groups is 1. The molecule has 0 saturated carbocycles. The molecule has 1 aromatic heterocycles. The number of halogens is 3. The fourth-order valence-corrected chi connectivity index (χ4v) is 2.18. The second-order valence-corrected chi connectivity index (χ2v) is 5.17. The second kappa shape index (κ2) is 7.76. The number of nitrogens with zero attached hydrogens (tertiary/aromatic N) is 1. The Kier molecular flexibility index (Phi) is 5.73. The van der Waals surface area contributed by atoms with E-state index < -0.39 is 28.9 Å². The molecule has 3 nitrogen and oxygen atoms in total. The minimum atomic E-state index is -1.25. The molecule has 0 aliphatic rings. The van der Waals surface area contributed by atoms with Crippen LogP contribution in [0.5, 0.6) is 0 Å². The van der Waals surface area contributed by atoms with Crippen LogP contribution >= 0.6 is 0 Å². The predicted octanol–water partition coefficient (Wildman–Crippen LogP) is 4.48. The summed E-state index contributed by atoms with van der Waals surface area (Å²) in [4.78, 5) is 16.2. The van der Waals surface area contributed by atoms with Gasteiger partial charge in [0.1, 0.15) is 28.8 Å². The summed E-state index contributed by atoms with van der Waals surface area (Å²) in [7, 11) is 0. The summed E-state index contributed by atoms with van der Waals surface area (Å²) in [5.41, 5.74) is -0.0408. The van der Waals surface area contributed by atoms with Gasteiger partial charge in [0.15, 0.2) is 0 Å². The number of nitrogens with one attached hydrogen (secondary N) is 1. The molecule has 0 radical (unpaired) electrons. The van der Waals surface area contributed by atoms with Crippen molar-refractivity contribution in [2.24, 2.45) is 0 Å². The third-order valence-electron chi connectivity index (χ3n) is 3.32. The smallest absolute Gasteiger partial charge is 0.262 e. The summed E-state index contributed by atoms with van der Waals surface area (Å²) in [5, 5.41) is 2.34. The van der Waals surface area contributed by atoms with E-state index in [1.165, 1.54) is 6.07 Å². The molecule has 2 aromatic rings. The lowest BCUT2D eigenvalue weighted by molar-refractivity contribution is 0.101. The van der Waals surface area contributed by atoms with Crippen molar-refractivity contribution < 1.29 is 18.0 Å². The zero-order chi connectivity index (χ0) is 16.8. The Labute approximate surface area is 132 Å². The molecule has 0 aliphatic carbocycles. The van der Waals surface area contributed by atoms with Crippen molar-refractivity contribution in [3.05, 3.63) is 59.0 Å². The van der Waals surface area contributed by atoms with Gasteiger partial charge in [-0.3, -0.25) is 4.79 Å². The van der Waals surface area contributed by atoms with Crippen molar-refractivity contribution in [1.29, 1.82) is 0 Å². The van der Waals surface area contributed by atoms with Crippen LogP contribution in [0.25, 0.3) is 0 Å². The van der Waals surface area contributed by atoms with E-state index in [1.54, 1.807) is 6.07 Å². The Hall–Kier alpha value is -2.37. The first-order valence-electron chi connectivity index (χ1n) is 7.43. The number of rotatable bonds is 6. The summed E-state index contributed by atoms with van der Waals surface area (Å²) in [5.74, 6) is -4.38. The van der Waals surface area contributed by atoms with Gasteiger partial charge in [0.25, 0.3) is 5.91 Å². The summed E-state index contributed by atoms with van der Waals surface area (Å²) in [6, 6.07) is 5.99. The number of benzene rings is 1. The average Bonchev–Trinajstić information content (AvgIpc) is 2.46. The van der Waals surface area contributed by atoms with Crippen LogP contribution in [0.1, 0.15) is 42.2 Å². The van der Waals surface area contributed by atoms with Crippen LogP contribution in [0.2, 0.25) is 0 Å². The monoisotopic (exact) mass is 322 g/mol. The molecule has 122 valence electrons. The number of amides is 1. The number of aromatic nitrogens is 1. The molecular weight excluding hydrogens is 305 g/mol. The molecule has 0 bridgehead atoms. The Morgan fingerprint density at radius 1 is 1.13 bits per heavy atom. The van der Waals surface area contributed by atoms with Crippen LogP contribution in [-0.4, -0.2) is 10.9 Å². The first kappa shape index (κ1) is 17.0. The molecule has 0 spiro atoms. The van der Waals surface area contributed by atoms with Crippen molar-refractivity contribution in [2.45, 2.75) is 32.6 Å². The Bertz CT molecular complexity index is 681. The number of anilines is 1. The molecule has 6 heteroatoms. The summed E-state index contributed by atoms with van der Waals surface area (Å²) in [6.07, 6.45) is 3.89. The SMILES string of the molecule is CCCCCc1cccc(NC(=O)c2c(F)cc(F)cc2F)n1. The maximum atomic E-state index is 13.6. The molecule has 1 N–H and O–H groups in total. The minimum absolute atomic E-state index is 0.201. The molecule has 2 rings (SSSR count). The van der Waals surface area contributed by atoms with Crippen LogP contribution in [0.4, 0.5) is 19.0 Å². The van der Waals surface area contributed by atoms with Gasteiger partial charge in [-0.2, -0.15) is 0 Å². The first-order valence-corrected chi connectivity index (χ1v) is 7.43. The third kappa shape index (κ3) is 4.55. The van der Waals surface area contributed by atoms with E-state index >= 15 is 0 Å². The zero-order valence-electron chi connectivity index (χ0n) is 12.7. The lowest BCUT2D eigenvalue weighted by Crippen LogP contribution is -2.17. The summed E-state index contributed by atoms with van der Waals surface area (Å²) in [6.45, 7) is 2.09. The van der Waals surface area contributed by atoms with Gasteiger partial charge in [0.2, 0.25) is 0 Å². The molecule has 1 amide bonds. The molecule has 0 unspecified atom stereocenters. The van der Waals surface area contributed by atoms with E-state index in [4.69, 9.17) is 0 Å². The van der Waals surface area contributed by atoms with Crippen LogP contribution in [0.15, 0.2) is 30.3 Å². The Morgan fingerprint density at radius 3 is 2.48 bits per heavy atom. The molecular formula is C17H17F3N2O. The Morgan fingerprint density at radius 2 is 1.83 bits per heavy atom. The zero-order valence-corrected chi connectivity index (χ0v) is 12.7. The molecule has 0 atom stereocenters. The molecule has 0 saturated heterocycles. The highest BCUT2D eigenvalue weighted by Gasteiger charge is 2.19. The average molecular weight is 322 g/mol. The highest BCUT2D eigenvalue weighted by atomic mass is 19.1. The van der Waals surface area contributed by atoms with E-state index in [0.29, 0.717) is 12.1 Å². The standard InChI is InChI=1S/C17H17F3N2O/c1-2-3-4-6-12-7-5-8-15(21-12)22-17(23)16-13(19)9-11(18)10-14(16)20/h5,7-10H,2-4,6H2,1H3,(H,21,22,23). The number of aryl methyl sites for hydroxylation is 1. The fraction of sp³-hybridized carbons (Fsp3) is 0.294.